The standard InChI is InChI=1S/C20H24N2O/c1-14(16-7-4-3-5-8-16)21-18-11-12-19-17(13-18)9-6-10-20(19)22-15(2)23/h3-10,14,18,21H,11-13H2,1-2H3,(H,22,23)/t14-,18+/m1/s1. The first-order valence-electron chi connectivity index (χ1n) is 8.33. The Morgan fingerprint density at radius 2 is 1.91 bits per heavy atom. The van der Waals surface area contributed by atoms with Crippen molar-refractivity contribution in [3.63, 3.8) is 0 Å². The second kappa shape index (κ2) is 6.97. The topological polar surface area (TPSA) is 41.1 Å². The van der Waals surface area contributed by atoms with Crippen LogP contribution < -0.4 is 10.6 Å². The first-order valence-corrected chi connectivity index (χ1v) is 8.33. The van der Waals surface area contributed by atoms with Crippen molar-refractivity contribution in [1.29, 1.82) is 0 Å². The summed E-state index contributed by atoms with van der Waals surface area (Å²) in [7, 11) is 0. The van der Waals surface area contributed by atoms with Crippen LogP contribution in [0.2, 0.25) is 0 Å². The largest absolute Gasteiger partial charge is 0.326 e. The molecule has 2 aromatic carbocycles. The monoisotopic (exact) mass is 308 g/mol. The normalized spacial score (nSPS) is 18.1. The molecule has 3 nitrogen and oxygen atoms in total. The molecule has 3 rings (SSSR count). The molecule has 23 heavy (non-hydrogen) atoms. The Labute approximate surface area is 138 Å². The van der Waals surface area contributed by atoms with Crippen molar-refractivity contribution in [2.45, 2.75) is 45.2 Å². The molecule has 2 aromatic rings. The van der Waals surface area contributed by atoms with E-state index in [1.807, 2.05) is 12.1 Å². The van der Waals surface area contributed by atoms with Crippen LogP contribution in [0.15, 0.2) is 48.5 Å². The smallest absolute Gasteiger partial charge is 0.221 e. The number of fused-ring (bicyclic) bond motifs is 1. The van der Waals surface area contributed by atoms with E-state index in [-0.39, 0.29) is 5.91 Å². The van der Waals surface area contributed by atoms with Crippen LogP contribution in [-0.4, -0.2) is 11.9 Å². The van der Waals surface area contributed by atoms with Crippen molar-refractivity contribution < 1.29 is 4.79 Å². The third-order valence-corrected chi connectivity index (χ3v) is 4.58. The van der Waals surface area contributed by atoms with Gasteiger partial charge in [-0.05, 0) is 48.9 Å². The van der Waals surface area contributed by atoms with Gasteiger partial charge in [-0.3, -0.25) is 4.79 Å². The third-order valence-electron chi connectivity index (χ3n) is 4.58. The first kappa shape index (κ1) is 15.8. The molecule has 0 aliphatic heterocycles. The lowest BCUT2D eigenvalue weighted by atomic mass is 9.86. The number of carbonyl (C=O) groups is 1. The van der Waals surface area contributed by atoms with Crippen LogP contribution >= 0.6 is 0 Å². The van der Waals surface area contributed by atoms with Crippen molar-refractivity contribution in [2.75, 3.05) is 5.32 Å². The fraction of sp³-hybridized carbons (Fsp3) is 0.350. The minimum atomic E-state index is -0.00338. The minimum absolute atomic E-state index is 0.00338. The van der Waals surface area contributed by atoms with Gasteiger partial charge >= 0.3 is 0 Å². The number of hydrogen-bond donors (Lipinski definition) is 2. The fourth-order valence-electron chi connectivity index (χ4n) is 3.45. The lowest BCUT2D eigenvalue weighted by molar-refractivity contribution is -0.114. The lowest BCUT2D eigenvalue weighted by Crippen LogP contribution is -2.36. The zero-order valence-corrected chi connectivity index (χ0v) is 13.8. The molecule has 1 amide bonds. The van der Waals surface area contributed by atoms with Gasteiger partial charge in [-0.15, -0.1) is 0 Å². The second-order valence-electron chi connectivity index (χ2n) is 6.36. The summed E-state index contributed by atoms with van der Waals surface area (Å²) in [6.45, 7) is 3.78. The van der Waals surface area contributed by atoms with Gasteiger partial charge in [-0.2, -0.15) is 0 Å². The van der Waals surface area contributed by atoms with Gasteiger partial charge < -0.3 is 10.6 Å². The maximum atomic E-state index is 11.3. The van der Waals surface area contributed by atoms with E-state index >= 15 is 0 Å². The Morgan fingerprint density at radius 3 is 2.65 bits per heavy atom. The van der Waals surface area contributed by atoms with E-state index < -0.39 is 0 Å². The van der Waals surface area contributed by atoms with Gasteiger partial charge in [0.1, 0.15) is 0 Å². The summed E-state index contributed by atoms with van der Waals surface area (Å²) in [5, 5.41) is 6.70. The Morgan fingerprint density at radius 1 is 1.13 bits per heavy atom. The van der Waals surface area contributed by atoms with E-state index in [4.69, 9.17) is 0 Å². The summed E-state index contributed by atoms with van der Waals surface area (Å²) in [5.74, 6) is -0.00338. The third kappa shape index (κ3) is 3.80. The van der Waals surface area contributed by atoms with Crippen LogP contribution in [0.4, 0.5) is 5.69 Å². The Bertz CT molecular complexity index is 681. The first-order chi connectivity index (χ1) is 11.1. The fourth-order valence-corrected chi connectivity index (χ4v) is 3.45. The average molecular weight is 308 g/mol. The van der Waals surface area contributed by atoms with Gasteiger partial charge in [0, 0.05) is 24.7 Å². The SMILES string of the molecule is CC(=O)Nc1cccc2c1CC[C@H](N[C@H](C)c1ccccc1)C2. The van der Waals surface area contributed by atoms with E-state index in [1.54, 1.807) is 6.92 Å². The van der Waals surface area contributed by atoms with E-state index in [0.29, 0.717) is 12.1 Å². The molecule has 0 saturated heterocycles. The summed E-state index contributed by atoms with van der Waals surface area (Å²) in [6.07, 6.45) is 3.12. The minimum Gasteiger partial charge on any atom is -0.326 e. The number of hydrogen-bond acceptors (Lipinski definition) is 2. The van der Waals surface area contributed by atoms with Gasteiger partial charge in [-0.25, -0.2) is 0 Å². The van der Waals surface area contributed by atoms with E-state index in [0.717, 1.165) is 24.9 Å². The predicted octanol–water partition coefficient (Wildman–Crippen LogP) is 3.85. The van der Waals surface area contributed by atoms with Crippen molar-refractivity contribution >= 4 is 11.6 Å². The number of amides is 1. The highest BCUT2D eigenvalue weighted by Gasteiger charge is 2.22. The highest BCUT2D eigenvalue weighted by atomic mass is 16.1. The number of anilines is 1. The molecule has 0 fully saturated rings. The molecule has 0 spiro atoms. The molecular weight excluding hydrogens is 284 g/mol. The van der Waals surface area contributed by atoms with Crippen molar-refractivity contribution in [3.8, 4) is 0 Å². The molecule has 1 aliphatic rings. The van der Waals surface area contributed by atoms with Crippen molar-refractivity contribution in [1.82, 2.24) is 5.32 Å². The lowest BCUT2D eigenvalue weighted by Gasteiger charge is -2.30. The van der Waals surface area contributed by atoms with Gasteiger partial charge in [0.15, 0.2) is 0 Å². The van der Waals surface area contributed by atoms with Crippen LogP contribution in [0.3, 0.4) is 0 Å². The molecule has 0 bridgehead atoms. The summed E-state index contributed by atoms with van der Waals surface area (Å²) in [5.41, 5.74) is 4.95. The predicted molar refractivity (Wildman–Crippen MR) is 94.6 cm³/mol. The van der Waals surface area contributed by atoms with E-state index in [2.05, 4.69) is 54.0 Å². The molecule has 0 aromatic heterocycles. The van der Waals surface area contributed by atoms with Crippen molar-refractivity contribution in [2.24, 2.45) is 0 Å². The number of carbonyl (C=O) groups excluding carboxylic acids is 1. The van der Waals surface area contributed by atoms with E-state index in [9.17, 15) is 4.79 Å². The van der Waals surface area contributed by atoms with Crippen LogP contribution in [0, 0.1) is 0 Å². The van der Waals surface area contributed by atoms with Gasteiger partial charge in [0.2, 0.25) is 5.91 Å². The zero-order valence-electron chi connectivity index (χ0n) is 13.8. The highest BCUT2D eigenvalue weighted by Crippen LogP contribution is 2.29. The molecule has 2 N–H and O–H groups in total. The molecule has 0 saturated carbocycles. The van der Waals surface area contributed by atoms with Gasteiger partial charge in [0.05, 0.1) is 0 Å². The van der Waals surface area contributed by atoms with Crippen molar-refractivity contribution in [3.05, 3.63) is 65.2 Å². The Balaban J connectivity index is 1.70. The van der Waals surface area contributed by atoms with Crippen LogP contribution in [-0.2, 0) is 17.6 Å². The number of rotatable bonds is 4. The number of benzene rings is 2. The van der Waals surface area contributed by atoms with E-state index in [1.165, 1.54) is 16.7 Å². The van der Waals surface area contributed by atoms with Gasteiger partial charge in [0.25, 0.3) is 0 Å². The molecule has 0 unspecified atom stereocenters. The summed E-state index contributed by atoms with van der Waals surface area (Å²) in [4.78, 5) is 11.3. The molecular formula is C20H24N2O. The van der Waals surface area contributed by atoms with Gasteiger partial charge in [-0.1, -0.05) is 42.5 Å². The average Bonchev–Trinajstić information content (AvgIpc) is 2.55. The maximum Gasteiger partial charge on any atom is 0.221 e. The quantitative estimate of drug-likeness (QED) is 0.900. The molecule has 0 radical (unpaired) electrons. The summed E-state index contributed by atoms with van der Waals surface area (Å²) >= 11 is 0. The molecule has 2 atom stereocenters. The molecule has 1 aliphatic carbocycles. The molecule has 3 heteroatoms. The van der Waals surface area contributed by atoms with Crippen LogP contribution in [0.1, 0.15) is 43.0 Å². The summed E-state index contributed by atoms with van der Waals surface area (Å²) in [6, 6.07) is 17.6. The maximum absolute atomic E-state index is 11.3. The number of nitrogens with one attached hydrogen (secondary N) is 2. The molecule has 0 heterocycles. The zero-order chi connectivity index (χ0) is 16.2. The Kier molecular flexibility index (Phi) is 4.77. The molecule has 120 valence electrons. The second-order valence-corrected chi connectivity index (χ2v) is 6.36. The Hall–Kier alpha value is -2.13. The highest BCUT2D eigenvalue weighted by molar-refractivity contribution is 5.89. The van der Waals surface area contributed by atoms with Crippen LogP contribution in [0.5, 0.6) is 0 Å². The summed E-state index contributed by atoms with van der Waals surface area (Å²) < 4.78 is 0. The van der Waals surface area contributed by atoms with Crippen LogP contribution in [0.25, 0.3) is 0 Å².